The van der Waals surface area contributed by atoms with Gasteiger partial charge in [0.2, 0.25) is 11.8 Å². The van der Waals surface area contributed by atoms with Gasteiger partial charge in [-0.3, -0.25) is 19.3 Å². The second-order valence-electron chi connectivity index (χ2n) is 5.49. The van der Waals surface area contributed by atoms with E-state index >= 15 is 0 Å². The number of rotatable bonds is 2. The molecule has 1 aromatic heterocycles. The molecule has 0 aromatic carbocycles. The number of carbonyl (C=O) groups is 3. The van der Waals surface area contributed by atoms with E-state index in [9.17, 15) is 14.4 Å². The highest BCUT2D eigenvalue weighted by Crippen LogP contribution is 2.48. The number of carbonyl (C=O) groups excluding carboxylic acids is 3. The van der Waals surface area contributed by atoms with E-state index in [1.54, 1.807) is 11.0 Å². The Balaban J connectivity index is 1.41. The monoisotopic (exact) mass is 354 g/mol. The highest BCUT2D eigenvalue weighted by molar-refractivity contribution is 9.10. The predicted octanol–water partition coefficient (Wildman–Crippen LogP) is 1.34. The molecule has 0 N–H and O–H groups in total. The first-order valence-corrected chi connectivity index (χ1v) is 8.14. The lowest BCUT2D eigenvalue weighted by atomic mass is 10.1. The topological polar surface area (TPSA) is 57.7 Å². The van der Waals surface area contributed by atoms with Crippen LogP contribution >= 0.6 is 27.3 Å². The maximum Gasteiger partial charge on any atom is 0.264 e. The minimum absolute atomic E-state index is 0.0267. The molecule has 2 unspecified atom stereocenters. The fourth-order valence-corrected chi connectivity index (χ4v) is 4.33. The Kier molecular flexibility index (Phi) is 2.59. The van der Waals surface area contributed by atoms with Gasteiger partial charge < -0.3 is 4.90 Å². The number of halogens is 1. The third kappa shape index (κ3) is 1.69. The standard InChI is InChI=1S/C13H11BrN2O3S/c14-6-1-10(20-5-6)13(19)15-3-7(4-15)16-11(17)8-2-9(8)12(16)18/h1,5,7-9H,2-4H2. The van der Waals surface area contributed by atoms with Gasteiger partial charge in [0.15, 0.2) is 0 Å². The molecule has 2 aliphatic heterocycles. The summed E-state index contributed by atoms with van der Waals surface area (Å²) in [6.07, 6.45) is 0.729. The SMILES string of the molecule is O=C(c1cc(Br)cs1)N1CC(N2C(=O)C3CC3C2=O)C1. The van der Waals surface area contributed by atoms with Crippen LogP contribution in [0.15, 0.2) is 15.9 Å². The Morgan fingerprint density at radius 3 is 2.45 bits per heavy atom. The number of hydrogen-bond acceptors (Lipinski definition) is 4. The zero-order valence-corrected chi connectivity index (χ0v) is 12.8. The van der Waals surface area contributed by atoms with Gasteiger partial charge in [-0.25, -0.2) is 0 Å². The Bertz CT molecular complexity index is 617. The molecule has 104 valence electrons. The van der Waals surface area contributed by atoms with Crippen molar-refractivity contribution in [1.29, 1.82) is 0 Å². The maximum absolute atomic E-state index is 12.2. The number of piperidine rings is 1. The van der Waals surface area contributed by atoms with Crippen LogP contribution in [-0.2, 0) is 9.59 Å². The third-order valence-corrected chi connectivity index (χ3v) is 5.87. The fraction of sp³-hybridized carbons (Fsp3) is 0.462. The smallest absolute Gasteiger partial charge is 0.264 e. The van der Waals surface area contributed by atoms with Crippen molar-refractivity contribution in [3.8, 4) is 0 Å². The van der Waals surface area contributed by atoms with Crippen LogP contribution in [0.1, 0.15) is 16.1 Å². The number of thiophene rings is 1. The first kappa shape index (κ1) is 12.5. The van der Waals surface area contributed by atoms with E-state index in [2.05, 4.69) is 15.9 Å². The van der Waals surface area contributed by atoms with Gasteiger partial charge in [0.25, 0.3) is 5.91 Å². The number of likely N-dealkylation sites (tertiary alicyclic amines) is 2. The van der Waals surface area contributed by atoms with Crippen molar-refractivity contribution in [2.24, 2.45) is 11.8 Å². The molecular formula is C13H11BrN2O3S. The first-order chi connectivity index (χ1) is 9.56. The summed E-state index contributed by atoms with van der Waals surface area (Å²) in [6, 6.07) is 1.68. The van der Waals surface area contributed by atoms with Crippen LogP contribution < -0.4 is 0 Å². The van der Waals surface area contributed by atoms with Gasteiger partial charge in [0.05, 0.1) is 22.8 Å². The molecule has 3 amide bonds. The van der Waals surface area contributed by atoms with Crippen molar-refractivity contribution < 1.29 is 14.4 Å². The van der Waals surface area contributed by atoms with Crippen molar-refractivity contribution in [2.45, 2.75) is 12.5 Å². The lowest BCUT2D eigenvalue weighted by Gasteiger charge is -2.43. The summed E-state index contributed by atoms with van der Waals surface area (Å²) >= 11 is 4.72. The Morgan fingerprint density at radius 1 is 1.25 bits per heavy atom. The number of hydrogen-bond donors (Lipinski definition) is 0. The molecule has 3 aliphatic rings. The molecule has 5 nitrogen and oxygen atoms in total. The van der Waals surface area contributed by atoms with Crippen molar-refractivity contribution in [1.82, 2.24) is 9.80 Å². The third-order valence-electron chi connectivity index (χ3n) is 4.19. The van der Waals surface area contributed by atoms with Crippen LogP contribution in [-0.4, -0.2) is 46.7 Å². The quantitative estimate of drug-likeness (QED) is 0.753. The summed E-state index contributed by atoms with van der Waals surface area (Å²) in [7, 11) is 0. The van der Waals surface area contributed by atoms with Gasteiger partial charge in [-0.1, -0.05) is 0 Å². The second kappa shape index (κ2) is 4.14. The van der Waals surface area contributed by atoms with Gasteiger partial charge in [0.1, 0.15) is 0 Å². The summed E-state index contributed by atoms with van der Waals surface area (Å²) in [5, 5.41) is 1.87. The summed E-state index contributed by atoms with van der Waals surface area (Å²) in [5.74, 6) is -0.200. The molecule has 0 bridgehead atoms. The second-order valence-corrected chi connectivity index (χ2v) is 7.32. The molecule has 4 rings (SSSR count). The van der Waals surface area contributed by atoms with Gasteiger partial charge in [-0.15, -0.1) is 11.3 Å². The first-order valence-electron chi connectivity index (χ1n) is 6.46. The molecule has 2 atom stereocenters. The van der Waals surface area contributed by atoms with Gasteiger partial charge in [-0.05, 0) is 28.4 Å². The zero-order chi connectivity index (χ0) is 14.0. The average molecular weight is 355 g/mol. The zero-order valence-electron chi connectivity index (χ0n) is 10.4. The van der Waals surface area contributed by atoms with E-state index in [1.165, 1.54) is 16.2 Å². The number of fused-ring (bicyclic) bond motifs is 1. The van der Waals surface area contributed by atoms with Crippen LogP contribution in [0.5, 0.6) is 0 Å². The molecule has 0 spiro atoms. The highest BCUT2D eigenvalue weighted by atomic mass is 79.9. The molecule has 1 saturated carbocycles. The number of amides is 3. The average Bonchev–Trinajstić information content (AvgIpc) is 2.99. The normalized spacial score (nSPS) is 28.6. The minimum Gasteiger partial charge on any atom is -0.334 e. The fourth-order valence-electron chi connectivity index (χ4n) is 2.93. The van der Waals surface area contributed by atoms with Crippen molar-refractivity contribution in [3.05, 3.63) is 20.8 Å². The van der Waals surface area contributed by atoms with Crippen LogP contribution in [0.4, 0.5) is 0 Å². The molecule has 1 aliphatic carbocycles. The maximum atomic E-state index is 12.2. The van der Waals surface area contributed by atoms with Crippen LogP contribution in [0.3, 0.4) is 0 Å². The van der Waals surface area contributed by atoms with Crippen LogP contribution in [0.2, 0.25) is 0 Å². The van der Waals surface area contributed by atoms with E-state index in [4.69, 9.17) is 0 Å². The lowest BCUT2D eigenvalue weighted by molar-refractivity contribution is -0.147. The summed E-state index contributed by atoms with van der Waals surface area (Å²) < 4.78 is 0.896. The largest absolute Gasteiger partial charge is 0.334 e. The molecular weight excluding hydrogens is 344 g/mol. The summed E-state index contributed by atoms with van der Waals surface area (Å²) in [4.78, 5) is 39.8. The summed E-state index contributed by atoms with van der Waals surface area (Å²) in [5.41, 5.74) is 0. The molecule has 2 saturated heterocycles. The highest BCUT2D eigenvalue weighted by Gasteiger charge is 2.61. The van der Waals surface area contributed by atoms with E-state index < -0.39 is 0 Å². The Hall–Kier alpha value is -1.21. The summed E-state index contributed by atoms with van der Waals surface area (Å²) in [6.45, 7) is 0.927. The van der Waals surface area contributed by atoms with Gasteiger partial charge in [-0.2, -0.15) is 0 Å². The van der Waals surface area contributed by atoms with E-state index in [0.717, 1.165) is 10.9 Å². The molecule has 3 heterocycles. The molecule has 1 aromatic rings. The Morgan fingerprint density at radius 2 is 1.90 bits per heavy atom. The van der Waals surface area contributed by atoms with Crippen LogP contribution in [0.25, 0.3) is 0 Å². The Labute approximate surface area is 127 Å². The van der Waals surface area contributed by atoms with Crippen molar-refractivity contribution in [3.63, 3.8) is 0 Å². The molecule has 7 heteroatoms. The molecule has 0 radical (unpaired) electrons. The van der Waals surface area contributed by atoms with Crippen molar-refractivity contribution in [2.75, 3.05) is 13.1 Å². The lowest BCUT2D eigenvalue weighted by Crippen LogP contribution is -2.62. The number of imide groups is 1. The molecule has 20 heavy (non-hydrogen) atoms. The van der Waals surface area contributed by atoms with E-state index in [-0.39, 0.29) is 35.6 Å². The van der Waals surface area contributed by atoms with E-state index in [1.807, 2.05) is 5.38 Å². The van der Waals surface area contributed by atoms with Crippen molar-refractivity contribution >= 4 is 45.0 Å². The van der Waals surface area contributed by atoms with Gasteiger partial charge in [0, 0.05) is 22.9 Å². The minimum atomic E-state index is -0.116. The van der Waals surface area contributed by atoms with E-state index in [0.29, 0.717) is 18.0 Å². The molecule has 3 fully saturated rings. The van der Waals surface area contributed by atoms with Crippen LogP contribution in [0, 0.1) is 11.8 Å². The predicted molar refractivity (Wildman–Crippen MR) is 75.2 cm³/mol. The van der Waals surface area contributed by atoms with Gasteiger partial charge >= 0.3 is 0 Å². The number of nitrogens with zero attached hydrogens (tertiary/aromatic N) is 2.